The number of halogens is 1. The number of carbonyl (C=O) groups excluding carboxylic acids is 2. The largest absolute Gasteiger partial charge is 0.339 e. The summed E-state index contributed by atoms with van der Waals surface area (Å²) in [4.78, 5) is 36.0. The Morgan fingerprint density at radius 1 is 1.00 bits per heavy atom. The molecule has 1 aliphatic heterocycles. The Bertz CT molecular complexity index is 1360. The molecule has 0 radical (unpaired) electrons. The SMILES string of the molecule is Cc1ccc(C(=O)N2CCC(c3ccc(-n4ccnc4)cc3)CC2)cc1CC(=O)c1ccc(Cl)nc1. The Kier molecular flexibility index (Phi) is 6.96. The van der Waals surface area contributed by atoms with Crippen LogP contribution < -0.4 is 0 Å². The molecule has 0 saturated carbocycles. The lowest BCUT2D eigenvalue weighted by atomic mass is 9.89. The molecule has 1 fully saturated rings. The Labute approximate surface area is 215 Å². The van der Waals surface area contributed by atoms with Crippen molar-refractivity contribution in [1.82, 2.24) is 19.4 Å². The van der Waals surface area contributed by atoms with Gasteiger partial charge in [0.2, 0.25) is 0 Å². The molecule has 1 aliphatic rings. The maximum atomic E-state index is 13.3. The van der Waals surface area contributed by atoms with E-state index in [9.17, 15) is 9.59 Å². The van der Waals surface area contributed by atoms with Crippen molar-refractivity contribution < 1.29 is 9.59 Å². The average molecular weight is 499 g/mol. The normalized spacial score (nSPS) is 14.1. The summed E-state index contributed by atoms with van der Waals surface area (Å²) in [5.41, 5.74) is 5.37. The van der Waals surface area contributed by atoms with Crippen molar-refractivity contribution in [2.75, 3.05) is 13.1 Å². The molecule has 2 aromatic heterocycles. The molecule has 0 N–H and O–H groups in total. The molecule has 2 aromatic carbocycles. The van der Waals surface area contributed by atoms with E-state index in [0.29, 0.717) is 35.3 Å². The number of benzene rings is 2. The van der Waals surface area contributed by atoms with E-state index in [2.05, 4.69) is 34.2 Å². The van der Waals surface area contributed by atoms with Crippen LogP contribution in [0.15, 0.2) is 79.5 Å². The van der Waals surface area contributed by atoms with E-state index in [0.717, 1.165) is 29.7 Å². The van der Waals surface area contributed by atoms with Crippen LogP contribution >= 0.6 is 11.6 Å². The number of ketones is 1. The van der Waals surface area contributed by atoms with Crippen molar-refractivity contribution in [3.63, 3.8) is 0 Å². The summed E-state index contributed by atoms with van der Waals surface area (Å²) in [6, 6.07) is 17.5. The molecular weight excluding hydrogens is 472 g/mol. The zero-order valence-electron chi connectivity index (χ0n) is 20.1. The van der Waals surface area contributed by atoms with E-state index in [-0.39, 0.29) is 18.1 Å². The van der Waals surface area contributed by atoms with Gasteiger partial charge in [0.05, 0.1) is 6.33 Å². The maximum Gasteiger partial charge on any atom is 0.253 e. The number of rotatable bonds is 6. The molecule has 182 valence electrons. The first-order valence-corrected chi connectivity index (χ1v) is 12.5. The van der Waals surface area contributed by atoms with Crippen molar-refractivity contribution in [1.29, 1.82) is 0 Å². The van der Waals surface area contributed by atoms with Gasteiger partial charge in [-0.3, -0.25) is 9.59 Å². The van der Waals surface area contributed by atoms with Gasteiger partial charge in [-0.15, -0.1) is 0 Å². The standard InChI is InChI=1S/C29H27ClN4O2/c1-20-2-3-23(16-25(20)17-27(35)24-6-9-28(30)32-18-24)29(36)33-13-10-22(11-14-33)21-4-7-26(8-5-21)34-15-12-31-19-34/h2-9,12,15-16,18-19,22H,10-11,13-14,17H2,1H3. The van der Waals surface area contributed by atoms with Gasteiger partial charge in [0, 0.05) is 54.9 Å². The molecule has 0 bridgehead atoms. The fourth-order valence-corrected chi connectivity index (χ4v) is 4.85. The van der Waals surface area contributed by atoms with Crippen LogP contribution in [0.1, 0.15) is 56.2 Å². The van der Waals surface area contributed by atoms with Gasteiger partial charge in [0.15, 0.2) is 5.78 Å². The second kappa shape index (κ2) is 10.5. The summed E-state index contributed by atoms with van der Waals surface area (Å²) in [5.74, 6) is 0.405. The minimum absolute atomic E-state index is 0.0192. The van der Waals surface area contributed by atoms with Crippen molar-refractivity contribution in [2.24, 2.45) is 0 Å². The van der Waals surface area contributed by atoms with Gasteiger partial charge in [-0.05, 0) is 78.8 Å². The molecule has 1 saturated heterocycles. The number of Topliss-reactive ketones (excluding diaryl/α,β-unsaturated/α-hetero) is 1. The molecule has 0 unspecified atom stereocenters. The summed E-state index contributed by atoms with van der Waals surface area (Å²) >= 11 is 5.83. The minimum atomic E-state index is -0.0493. The van der Waals surface area contributed by atoms with Gasteiger partial charge in [0.1, 0.15) is 5.15 Å². The monoisotopic (exact) mass is 498 g/mol. The molecule has 6 nitrogen and oxygen atoms in total. The second-order valence-corrected chi connectivity index (χ2v) is 9.63. The third-order valence-electron chi connectivity index (χ3n) is 6.95. The number of pyridine rings is 1. The number of amides is 1. The van der Waals surface area contributed by atoms with Crippen molar-refractivity contribution in [3.8, 4) is 5.69 Å². The molecule has 0 aliphatic carbocycles. The molecule has 0 spiro atoms. The molecular formula is C29H27ClN4O2. The summed E-state index contributed by atoms with van der Waals surface area (Å²) in [5, 5.41) is 0.352. The smallest absolute Gasteiger partial charge is 0.253 e. The van der Waals surface area contributed by atoms with Crippen LogP contribution in [0.5, 0.6) is 0 Å². The molecule has 4 aromatic rings. The fraction of sp³-hybridized carbons (Fsp3) is 0.241. The van der Waals surface area contributed by atoms with E-state index in [4.69, 9.17) is 11.6 Å². The van der Waals surface area contributed by atoms with Crippen LogP contribution in [-0.2, 0) is 6.42 Å². The number of piperidine rings is 1. The molecule has 5 rings (SSSR count). The van der Waals surface area contributed by atoms with Gasteiger partial charge in [0.25, 0.3) is 5.91 Å². The number of aromatic nitrogens is 3. The van der Waals surface area contributed by atoms with Gasteiger partial charge in [-0.1, -0.05) is 29.8 Å². The summed E-state index contributed by atoms with van der Waals surface area (Å²) in [6.45, 7) is 3.39. The van der Waals surface area contributed by atoms with Crippen molar-refractivity contribution in [2.45, 2.75) is 32.1 Å². The highest BCUT2D eigenvalue weighted by molar-refractivity contribution is 6.29. The van der Waals surface area contributed by atoms with Crippen LogP contribution in [0.3, 0.4) is 0 Å². The van der Waals surface area contributed by atoms with Gasteiger partial charge in [-0.2, -0.15) is 0 Å². The first kappa shape index (κ1) is 23.9. The van der Waals surface area contributed by atoms with E-state index in [1.807, 2.05) is 40.8 Å². The number of aryl methyl sites for hydroxylation is 1. The summed E-state index contributed by atoms with van der Waals surface area (Å²) in [7, 11) is 0. The predicted octanol–water partition coefficient (Wildman–Crippen LogP) is 5.67. The number of hydrogen-bond donors (Lipinski definition) is 0. The number of imidazole rings is 1. The lowest BCUT2D eigenvalue weighted by Gasteiger charge is -2.32. The Morgan fingerprint density at radius 2 is 1.75 bits per heavy atom. The Balaban J connectivity index is 1.22. The van der Waals surface area contributed by atoms with Crippen molar-refractivity contribution >= 4 is 23.3 Å². The second-order valence-electron chi connectivity index (χ2n) is 9.24. The number of nitrogens with zero attached hydrogens (tertiary/aromatic N) is 4. The zero-order valence-corrected chi connectivity index (χ0v) is 20.9. The highest BCUT2D eigenvalue weighted by Crippen LogP contribution is 2.29. The molecule has 36 heavy (non-hydrogen) atoms. The van der Waals surface area contributed by atoms with Crippen LogP contribution in [0, 0.1) is 6.92 Å². The number of hydrogen-bond acceptors (Lipinski definition) is 4. The lowest BCUT2D eigenvalue weighted by molar-refractivity contribution is 0.0712. The van der Waals surface area contributed by atoms with Crippen LogP contribution in [0.25, 0.3) is 5.69 Å². The molecule has 7 heteroatoms. The summed E-state index contributed by atoms with van der Waals surface area (Å²) < 4.78 is 1.99. The Hall–Kier alpha value is -3.77. The van der Waals surface area contributed by atoms with Gasteiger partial charge in [-0.25, -0.2) is 9.97 Å². The highest BCUT2D eigenvalue weighted by atomic mass is 35.5. The minimum Gasteiger partial charge on any atom is -0.339 e. The summed E-state index contributed by atoms with van der Waals surface area (Å²) in [6.07, 6.45) is 9.05. The van der Waals surface area contributed by atoms with Gasteiger partial charge >= 0.3 is 0 Å². The van der Waals surface area contributed by atoms with Crippen LogP contribution in [-0.4, -0.2) is 44.2 Å². The number of carbonyl (C=O) groups is 2. The predicted molar refractivity (Wildman–Crippen MR) is 140 cm³/mol. The van der Waals surface area contributed by atoms with Gasteiger partial charge < -0.3 is 9.47 Å². The number of likely N-dealkylation sites (tertiary alicyclic amines) is 1. The quantitative estimate of drug-likeness (QED) is 0.253. The van der Waals surface area contributed by atoms with Crippen LogP contribution in [0.4, 0.5) is 0 Å². The molecule has 3 heterocycles. The third-order valence-corrected chi connectivity index (χ3v) is 7.17. The van der Waals surface area contributed by atoms with E-state index < -0.39 is 0 Å². The van der Waals surface area contributed by atoms with E-state index >= 15 is 0 Å². The van der Waals surface area contributed by atoms with Crippen LogP contribution in [0.2, 0.25) is 5.15 Å². The maximum absolute atomic E-state index is 13.3. The van der Waals surface area contributed by atoms with Crippen molar-refractivity contribution in [3.05, 3.63) is 112 Å². The first-order chi connectivity index (χ1) is 17.5. The topological polar surface area (TPSA) is 68.1 Å². The molecule has 1 amide bonds. The van der Waals surface area contributed by atoms with E-state index in [1.54, 1.807) is 24.7 Å². The molecule has 0 atom stereocenters. The highest BCUT2D eigenvalue weighted by Gasteiger charge is 2.25. The average Bonchev–Trinajstić information content (AvgIpc) is 3.45. The Morgan fingerprint density at radius 3 is 2.42 bits per heavy atom. The van der Waals surface area contributed by atoms with E-state index in [1.165, 1.54) is 11.8 Å². The first-order valence-electron chi connectivity index (χ1n) is 12.1. The zero-order chi connectivity index (χ0) is 25.1. The fourth-order valence-electron chi connectivity index (χ4n) is 4.74. The lowest BCUT2D eigenvalue weighted by Crippen LogP contribution is -2.38. The third kappa shape index (κ3) is 5.24.